The van der Waals surface area contributed by atoms with Crippen molar-refractivity contribution in [1.82, 2.24) is 5.32 Å². The van der Waals surface area contributed by atoms with Crippen LogP contribution in [0.25, 0.3) is 0 Å². The Labute approximate surface area is 123 Å². The second-order valence-corrected chi connectivity index (χ2v) is 6.58. The minimum absolute atomic E-state index is 0.0666. The highest BCUT2D eigenvalue weighted by Gasteiger charge is 2.42. The van der Waals surface area contributed by atoms with Gasteiger partial charge in [-0.25, -0.2) is 0 Å². The van der Waals surface area contributed by atoms with Gasteiger partial charge in [0.2, 0.25) is 0 Å². The highest BCUT2D eigenvalue weighted by molar-refractivity contribution is 7.85. The van der Waals surface area contributed by atoms with Gasteiger partial charge in [0, 0.05) is 6.54 Å². The summed E-state index contributed by atoms with van der Waals surface area (Å²) in [4.78, 5) is -0.0666. The molecule has 0 amide bonds. The number of ether oxygens (including phenoxy) is 1. The number of aliphatic hydroxyl groups is 2. The Hall–Kier alpha value is -1.03. The van der Waals surface area contributed by atoms with Crippen molar-refractivity contribution >= 4 is 10.1 Å². The van der Waals surface area contributed by atoms with E-state index in [-0.39, 0.29) is 17.0 Å². The molecule has 3 aliphatic rings. The van der Waals surface area contributed by atoms with E-state index in [9.17, 15) is 18.6 Å². The third-order valence-corrected chi connectivity index (χ3v) is 4.40. The molecule has 8 heteroatoms. The summed E-state index contributed by atoms with van der Waals surface area (Å²) >= 11 is 0. The Kier molecular flexibility index (Phi) is 4.97. The Bertz CT molecular complexity index is 545. The van der Waals surface area contributed by atoms with Gasteiger partial charge in [-0.3, -0.25) is 4.55 Å². The molecule has 1 aromatic rings. The predicted molar refractivity (Wildman–Crippen MR) is 74.5 cm³/mol. The quantitative estimate of drug-likeness (QED) is 0.507. The number of nitrogens with one attached hydrogen (secondary N) is 1. The lowest BCUT2D eigenvalue weighted by atomic mass is 9.93. The first kappa shape index (κ1) is 16.3. The number of aliphatic hydroxyl groups excluding tert-OH is 2. The normalized spacial score (nSPS) is 31.4. The molecule has 4 N–H and O–H groups in total. The Morgan fingerprint density at radius 1 is 1.19 bits per heavy atom. The van der Waals surface area contributed by atoms with Crippen LogP contribution in [0.5, 0.6) is 0 Å². The van der Waals surface area contributed by atoms with Crippen molar-refractivity contribution in [2.45, 2.75) is 36.2 Å². The van der Waals surface area contributed by atoms with E-state index in [0.717, 1.165) is 5.56 Å². The first-order valence-corrected chi connectivity index (χ1v) is 7.98. The van der Waals surface area contributed by atoms with Crippen LogP contribution >= 0.6 is 0 Å². The van der Waals surface area contributed by atoms with Gasteiger partial charge < -0.3 is 20.3 Å². The van der Waals surface area contributed by atoms with Gasteiger partial charge in [-0.15, -0.1) is 0 Å². The van der Waals surface area contributed by atoms with Crippen molar-refractivity contribution in [2.24, 2.45) is 0 Å². The van der Waals surface area contributed by atoms with Crippen molar-refractivity contribution in [3.63, 3.8) is 0 Å². The largest absolute Gasteiger partial charge is 0.389 e. The highest BCUT2D eigenvalue weighted by atomic mass is 32.2. The number of aryl methyl sites for hydroxylation is 1. The van der Waals surface area contributed by atoms with E-state index >= 15 is 0 Å². The molecule has 0 aliphatic carbocycles. The molecular weight excluding hydrogens is 298 g/mol. The molecule has 4 rings (SSSR count). The van der Waals surface area contributed by atoms with Crippen LogP contribution in [-0.2, 0) is 14.9 Å². The maximum atomic E-state index is 10.5. The highest BCUT2D eigenvalue weighted by Crippen LogP contribution is 2.19. The standard InChI is InChI=1S/C7H8O3S.C6H11NO3/c1-6-2-4-7(5-3-6)11(8,9)10;8-5-3-2-10-4(1-7-3)6(5)9/h2-5H,1H3,(H,8,9,10);3-9H,1-2H2/t;3-,4-,5-,6-/m.1/s1. The van der Waals surface area contributed by atoms with E-state index in [1.807, 2.05) is 6.92 Å². The van der Waals surface area contributed by atoms with Crippen LogP contribution in [0.15, 0.2) is 29.2 Å². The lowest BCUT2D eigenvalue weighted by Gasteiger charge is -2.44. The SMILES string of the molecule is Cc1ccc(S(=O)(=O)O)cc1.O[C@H]1[C@H](O)[C@H]2CN[C@@H]1CO2. The molecule has 0 radical (unpaired) electrons. The number of hydrogen-bond donors (Lipinski definition) is 4. The van der Waals surface area contributed by atoms with Gasteiger partial charge in [0.1, 0.15) is 6.10 Å². The molecule has 0 unspecified atom stereocenters. The van der Waals surface area contributed by atoms with Gasteiger partial charge in [-0.1, -0.05) is 17.7 Å². The Balaban J connectivity index is 0.000000154. The van der Waals surface area contributed by atoms with Crippen LogP contribution in [0, 0.1) is 6.92 Å². The van der Waals surface area contributed by atoms with Crippen molar-refractivity contribution in [1.29, 1.82) is 0 Å². The Morgan fingerprint density at radius 2 is 1.81 bits per heavy atom. The fraction of sp³-hybridized carbons (Fsp3) is 0.538. The zero-order valence-electron chi connectivity index (χ0n) is 11.5. The lowest BCUT2D eigenvalue weighted by molar-refractivity contribution is -0.175. The summed E-state index contributed by atoms with van der Waals surface area (Å²) in [6.07, 6.45) is -1.55. The average molecular weight is 317 g/mol. The molecule has 3 fully saturated rings. The average Bonchev–Trinajstić information content (AvgIpc) is 2.45. The van der Waals surface area contributed by atoms with Gasteiger partial charge in [0.05, 0.1) is 29.8 Å². The molecule has 3 heterocycles. The molecule has 0 saturated carbocycles. The third kappa shape index (κ3) is 4.00. The smallest absolute Gasteiger partial charge is 0.294 e. The number of morpholine rings is 1. The van der Waals surface area contributed by atoms with Gasteiger partial charge in [-0.05, 0) is 19.1 Å². The first-order valence-electron chi connectivity index (χ1n) is 6.54. The van der Waals surface area contributed by atoms with Gasteiger partial charge in [-0.2, -0.15) is 8.42 Å². The predicted octanol–water partition coefficient (Wildman–Crippen LogP) is -0.679. The third-order valence-electron chi connectivity index (χ3n) is 3.53. The molecule has 0 spiro atoms. The van der Waals surface area contributed by atoms with Crippen molar-refractivity contribution in [3.05, 3.63) is 29.8 Å². The van der Waals surface area contributed by atoms with Crippen LogP contribution in [0.1, 0.15) is 5.56 Å². The molecule has 2 bridgehead atoms. The number of rotatable bonds is 1. The fourth-order valence-corrected chi connectivity index (χ4v) is 2.70. The number of piperidine rings is 1. The van der Waals surface area contributed by atoms with E-state index in [4.69, 9.17) is 9.29 Å². The lowest BCUT2D eigenvalue weighted by Crippen LogP contribution is -2.66. The minimum atomic E-state index is -4.02. The molecule has 3 aliphatic heterocycles. The van der Waals surface area contributed by atoms with E-state index in [1.165, 1.54) is 12.1 Å². The minimum Gasteiger partial charge on any atom is -0.389 e. The first-order chi connectivity index (χ1) is 9.79. The van der Waals surface area contributed by atoms with Gasteiger partial charge >= 0.3 is 0 Å². The summed E-state index contributed by atoms with van der Waals surface area (Å²) in [6, 6.07) is 5.92. The molecule has 4 atom stereocenters. The van der Waals surface area contributed by atoms with Gasteiger partial charge in [0.25, 0.3) is 10.1 Å². The maximum absolute atomic E-state index is 10.5. The summed E-state index contributed by atoms with van der Waals surface area (Å²) < 4.78 is 34.7. The molecule has 7 nitrogen and oxygen atoms in total. The maximum Gasteiger partial charge on any atom is 0.294 e. The van der Waals surface area contributed by atoms with E-state index < -0.39 is 22.3 Å². The summed E-state index contributed by atoms with van der Waals surface area (Å²) in [7, 11) is -4.02. The number of hydrogen-bond acceptors (Lipinski definition) is 6. The van der Waals surface area contributed by atoms with Crippen LogP contribution in [0.4, 0.5) is 0 Å². The van der Waals surface area contributed by atoms with E-state index in [0.29, 0.717) is 13.2 Å². The molecular formula is C13H19NO6S. The van der Waals surface area contributed by atoms with Crippen LogP contribution in [0.3, 0.4) is 0 Å². The summed E-state index contributed by atoms with van der Waals surface area (Å²) in [5.74, 6) is 0. The van der Waals surface area contributed by atoms with Crippen LogP contribution in [-0.4, -0.2) is 60.7 Å². The molecule has 21 heavy (non-hydrogen) atoms. The van der Waals surface area contributed by atoms with Crippen molar-refractivity contribution in [3.8, 4) is 0 Å². The number of fused-ring (bicyclic) bond motifs is 3. The second kappa shape index (κ2) is 6.39. The summed E-state index contributed by atoms with van der Waals surface area (Å²) in [5, 5.41) is 21.6. The Morgan fingerprint density at radius 3 is 2.14 bits per heavy atom. The zero-order chi connectivity index (χ0) is 15.6. The molecule has 1 aromatic carbocycles. The van der Waals surface area contributed by atoms with E-state index in [1.54, 1.807) is 12.1 Å². The topological polar surface area (TPSA) is 116 Å². The fourth-order valence-electron chi connectivity index (χ4n) is 2.22. The molecule has 0 aromatic heterocycles. The summed E-state index contributed by atoms with van der Waals surface area (Å²) in [6.45, 7) is 3.01. The molecule has 118 valence electrons. The second-order valence-electron chi connectivity index (χ2n) is 5.16. The van der Waals surface area contributed by atoms with E-state index in [2.05, 4.69) is 5.32 Å². The summed E-state index contributed by atoms with van der Waals surface area (Å²) in [5.41, 5.74) is 0.956. The molecule has 3 saturated heterocycles. The van der Waals surface area contributed by atoms with Crippen molar-refractivity contribution < 1.29 is 27.9 Å². The van der Waals surface area contributed by atoms with Crippen molar-refractivity contribution in [2.75, 3.05) is 13.2 Å². The number of benzene rings is 1. The van der Waals surface area contributed by atoms with Crippen LogP contribution in [0.2, 0.25) is 0 Å². The zero-order valence-corrected chi connectivity index (χ0v) is 12.3. The van der Waals surface area contributed by atoms with Crippen LogP contribution < -0.4 is 5.32 Å². The van der Waals surface area contributed by atoms with Gasteiger partial charge in [0.15, 0.2) is 0 Å². The monoisotopic (exact) mass is 317 g/mol.